The molecular weight excluding hydrogens is 1600 g/mol. The second-order valence-corrected chi connectivity index (χ2v) is 34.0. The number of aromatic nitrogens is 9. The van der Waals surface area contributed by atoms with Gasteiger partial charge in [0.2, 0.25) is 17.7 Å². The molecule has 9 aromatic rings. The maximum absolute atomic E-state index is 13.0. The highest BCUT2D eigenvalue weighted by molar-refractivity contribution is 6.31. The first-order valence-electron chi connectivity index (χ1n) is 41.0. The average molecular weight is 1700 g/mol. The van der Waals surface area contributed by atoms with Crippen LogP contribution in [-0.2, 0) is 49.7 Å². The largest absolute Gasteiger partial charge is 0.447 e. The van der Waals surface area contributed by atoms with Gasteiger partial charge in [-0.2, -0.15) is 0 Å². The SMILES string of the molecule is CC(=O)NC(C1=Cc2cccnc2[C@@H](N2CCN(C(=O)NC(C)(C)C)CC2)c2ccc(Cl)cc21)c1cncn1C.CC(=O)NC(C1=Cc2cccnc2[C@@H](N2CCN(C(=O)OC(C)C)CC2)c2ccc(Cl)cc21)c1cncn1C.CC(=O)NC(C1=Cc2cccnc2[C@@H](N2CCN(C(=O)OC3CCOCC3)CC2)c2ccc(Cl)cc21)c1cncn1C. The van der Waals surface area contributed by atoms with Crippen LogP contribution in [0.5, 0.6) is 0 Å². The number of imidazole rings is 3. The smallest absolute Gasteiger partial charge is 0.410 e. The Hall–Kier alpha value is -11.1. The highest BCUT2D eigenvalue weighted by atomic mass is 35.5. The normalized spacial score (nSPS) is 18.8. The van der Waals surface area contributed by atoms with Crippen LogP contribution in [0.1, 0.15) is 189 Å². The minimum absolute atomic E-state index is 0.0444. The molecule has 4 saturated heterocycles. The first kappa shape index (κ1) is 86.3. The zero-order chi connectivity index (χ0) is 85.5. The minimum Gasteiger partial charge on any atom is -0.447 e. The van der Waals surface area contributed by atoms with E-state index in [1.165, 1.54) is 20.8 Å². The maximum atomic E-state index is 13.0. The third-order valence-electron chi connectivity index (χ3n) is 22.7. The molecule has 10 heterocycles. The lowest BCUT2D eigenvalue weighted by molar-refractivity contribution is -0.120. The fourth-order valence-electron chi connectivity index (χ4n) is 17.1. The number of pyridine rings is 3. The number of aryl methyl sites for hydroxylation is 3. The lowest BCUT2D eigenvalue weighted by Crippen LogP contribution is -2.55. The molecule has 0 spiro atoms. The topological polar surface area (TPSA) is 290 Å². The molecule has 28 nitrogen and oxygen atoms in total. The van der Waals surface area contributed by atoms with E-state index < -0.39 is 18.1 Å². The number of nitrogens with one attached hydrogen (secondary N) is 4. The molecule has 4 N–H and O–H groups in total. The molecule has 4 fully saturated rings. The van der Waals surface area contributed by atoms with Crippen LogP contribution in [0.3, 0.4) is 0 Å². The Balaban J connectivity index is 0.000000149. The summed E-state index contributed by atoms with van der Waals surface area (Å²) >= 11 is 19.8. The molecule has 3 unspecified atom stereocenters. The van der Waals surface area contributed by atoms with Gasteiger partial charge >= 0.3 is 18.2 Å². The van der Waals surface area contributed by atoms with Crippen molar-refractivity contribution in [1.82, 2.24) is 94.3 Å². The van der Waals surface area contributed by atoms with Crippen LogP contribution < -0.4 is 21.3 Å². The number of ether oxygens (including phenoxy) is 3. The van der Waals surface area contributed by atoms with Gasteiger partial charge in [0.15, 0.2) is 0 Å². The number of urea groups is 1. The van der Waals surface area contributed by atoms with Gasteiger partial charge in [0, 0.05) is 172 Å². The van der Waals surface area contributed by atoms with Crippen LogP contribution in [0.15, 0.2) is 147 Å². The van der Waals surface area contributed by atoms with E-state index >= 15 is 0 Å². The molecule has 16 rings (SSSR count). The Morgan fingerprint density at radius 1 is 0.463 bits per heavy atom. The van der Waals surface area contributed by atoms with Crippen LogP contribution in [0.2, 0.25) is 15.1 Å². The van der Waals surface area contributed by atoms with Crippen molar-refractivity contribution in [3.8, 4) is 0 Å². The molecule has 3 aromatic carbocycles. The van der Waals surface area contributed by atoms with Gasteiger partial charge in [-0.05, 0) is 174 Å². The fourth-order valence-corrected chi connectivity index (χ4v) is 17.6. The van der Waals surface area contributed by atoms with Crippen molar-refractivity contribution in [3.05, 3.63) is 246 Å². The molecule has 4 aliphatic heterocycles. The average Bonchev–Trinajstić information content (AvgIpc) is 1.64. The van der Waals surface area contributed by atoms with Crippen LogP contribution in [0.4, 0.5) is 14.4 Å². The molecule has 6 atom stereocenters. The van der Waals surface area contributed by atoms with Gasteiger partial charge < -0.3 is 63.9 Å². The van der Waals surface area contributed by atoms with E-state index in [1.54, 1.807) is 47.4 Å². The zero-order valence-corrected chi connectivity index (χ0v) is 72.3. The highest BCUT2D eigenvalue weighted by Crippen LogP contribution is 2.49. The van der Waals surface area contributed by atoms with E-state index in [4.69, 9.17) is 64.0 Å². The van der Waals surface area contributed by atoms with Crippen molar-refractivity contribution >= 4 is 106 Å². The van der Waals surface area contributed by atoms with E-state index in [-0.39, 0.29) is 71.8 Å². The first-order valence-corrected chi connectivity index (χ1v) is 42.1. The predicted molar refractivity (Wildman–Crippen MR) is 465 cm³/mol. The maximum Gasteiger partial charge on any atom is 0.410 e. The lowest BCUT2D eigenvalue weighted by Gasteiger charge is -2.40. The summed E-state index contributed by atoms with van der Waals surface area (Å²) in [5.74, 6) is -0.448. The standard InChI is InChI=1S/C31H35ClN6O4.C30H36ClN7O2.C29H33ClN6O3/c1-20(39)35-29(27-18-33-19-36(27)2)26-16-21-4-3-9-34-28(21)30(24-6-5-22(32)17-25(24)26)37-10-12-38(13-11-37)31(40)42-23-7-14-41-15-8-23;1-19(39)34-27(25-17-32-18-36(25)5)24-15-20-7-6-10-33-26(20)28(22-9-8-21(31)16-23(22)24)37-11-13-38(14-12-37)29(40)35-30(2,3)4;1-18(2)39-29(38)36-12-10-35(11-13-36)28-22-8-7-21(30)15-23(22)24(14-20-6-5-9-32-26(20)28)27(33-19(3)37)25-16-31-17-34(25)4/h3-6,9,16-19,23,29-30H,7-8,10-15H2,1-2H3,(H,35,39);6-10,15-18,27-28H,11-14H2,1-5H3,(H,34,39)(H,35,40);5-9,14-18,27-28H,10-13H2,1-4H3,(H,33,37)/t29?,30-;2*27?,28-/m000/s1. The van der Waals surface area contributed by atoms with Crippen molar-refractivity contribution in [2.75, 3.05) is 91.8 Å². The van der Waals surface area contributed by atoms with Gasteiger partial charge in [0.05, 0.1) is 127 Å². The lowest BCUT2D eigenvalue weighted by atomic mass is 9.89. The molecule has 7 amide bonds. The Labute approximate surface area is 720 Å². The molecule has 6 aromatic heterocycles. The number of carbonyl (C=O) groups is 6. The summed E-state index contributed by atoms with van der Waals surface area (Å²) in [4.78, 5) is 116. The summed E-state index contributed by atoms with van der Waals surface area (Å²) in [5, 5.41) is 14.3. The second-order valence-electron chi connectivity index (χ2n) is 32.7. The number of halogens is 3. The molecule has 3 aliphatic carbocycles. The van der Waals surface area contributed by atoms with E-state index in [0.717, 1.165) is 114 Å². The molecular formula is C90H104Cl3N19O9. The van der Waals surface area contributed by atoms with E-state index in [1.807, 2.05) is 160 Å². The number of amides is 7. The third kappa shape index (κ3) is 19.9. The summed E-state index contributed by atoms with van der Waals surface area (Å²) in [5.41, 5.74) is 16.6. The number of nitrogens with zero attached hydrogens (tertiary/aromatic N) is 15. The van der Waals surface area contributed by atoms with Crippen LogP contribution in [0, 0.1) is 0 Å². The van der Waals surface area contributed by atoms with Crippen molar-refractivity contribution in [2.45, 2.75) is 122 Å². The van der Waals surface area contributed by atoms with Crippen molar-refractivity contribution in [3.63, 3.8) is 0 Å². The Morgan fingerprint density at radius 2 is 0.793 bits per heavy atom. The third-order valence-corrected chi connectivity index (χ3v) is 23.4. The van der Waals surface area contributed by atoms with Gasteiger partial charge in [-0.15, -0.1) is 0 Å². The number of carbonyl (C=O) groups excluding carboxylic acids is 6. The Kier molecular flexibility index (Phi) is 27.0. The Bertz CT molecular complexity index is 5390. The molecule has 0 bridgehead atoms. The molecule has 0 saturated carbocycles. The second kappa shape index (κ2) is 37.9. The number of rotatable bonds is 14. The summed E-state index contributed by atoms with van der Waals surface area (Å²) in [6.07, 6.45) is 23.0. The highest BCUT2D eigenvalue weighted by Gasteiger charge is 2.42. The fraction of sp³-hybridized carbons (Fsp3) is 0.400. The van der Waals surface area contributed by atoms with Gasteiger partial charge in [0.1, 0.15) is 6.10 Å². The molecule has 634 valence electrons. The van der Waals surface area contributed by atoms with E-state index in [9.17, 15) is 28.8 Å². The summed E-state index contributed by atoms with van der Waals surface area (Å²) in [6.45, 7) is 22.9. The zero-order valence-electron chi connectivity index (χ0n) is 70.0. The van der Waals surface area contributed by atoms with E-state index in [2.05, 4.69) is 93.4 Å². The van der Waals surface area contributed by atoms with E-state index in [0.29, 0.717) is 107 Å². The minimum atomic E-state index is -0.462. The number of hydrogen-bond donors (Lipinski definition) is 4. The number of piperazine rings is 3. The summed E-state index contributed by atoms with van der Waals surface area (Å²) in [6, 6.07) is 27.8. The van der Waals surface area contributed by atoms with Gasteiger partial charge in [0.25, 0.3) is 0 Å². The van der Waals surface area contributed by atoms with Gasteiger partial charge in [-0.1, -0.05) is 71.2 Å². The first-order chi connectivity index (χ1) is 58.1. The van der Waals surface area contributed by atoms with Crippen LogP contribution in [-0.4, -0.2) is 218 Å². The molecule has 7 aliphatic rings. The number of fused-ring (bicyclic) bond motifs is 6. The van der Waals surface area contributed by atoms with Crippen molar-refractivity contribution in [1.29, 1.82) is 0 Å². The van der Waals surface area contributed by atoms with Gasteiger partial charge in [-0.25, -0.2) is 29.3 Å². The van der Waals surface area contributed by atoms with Crippen LogP contribution >= 0.6 is 34.8 Å². The Morgan fingerprint density at radius 3 is 1.10 bits per heavy atom. The summed E-state index contributed by atoms with van der Waals surface area (Å²) in [7, 11) is 5.74. The van der Waals surface area contributed by atoms with Gasteiger partial charge in [-0.3, -0.25) is 44.0 Å². The van der Waals surface area contributed by atoms with Crippen LogP contribution in [0.25, 0.3) is 34.9 Å². The monoisotopic (exact) mass is 1700 g/mol. The molecule has 31 heteroatoms. The molecule has 121 heavy (non-hydrogen) atoms. The quantitative estimate of drug-likeness (QED) is 0.0786. The number of hydrogen-bond acceptors (Lipinski definition) is 18. The number of benzene rings is 3. The summed E-state index contributed by atoms with van der Waals surface area (Å²) < 4.78 is 22.3. The molecule has 0 radical (unpaired) electrons. The van der Waals surface area contributed by atoms with Crippen molar-refractivity contribution in [2.24, 2.45) is 21.1 Å². The predicted octanol–water partition coefficient (Wildman–Crippen LogP) is 13.1. The van der Waals surface area contributed by atoms with Crippen molar-refractivity contribution < 1.29 is 43.0 Å².